The zero-order valence-electron chi connectivity index (χ0n) is 9.28. The minimum atomic E-state index is -0.485. The van der Waals surface area contributed by atoms with Crippen LogP contribution in [0.4, 0.5) is 0 Å². The van der Waals surface area contributed by atoms with Crippen molar-refractivity contribution in [2.45, 2.75) is 25.3 Å². The van der Waals surface area contributed by atoms with E-state index in [0.717, 1.165) is 18.7 Å². The van der Waals surface area contributed by atoms with E-state index in [1.165, 1.54) is 0 Å². The quantitative estimate of drug-likeness (QED) is 0.460. The summed E-state index contributed by atoms with van der Waals surface area (Å²) in [5.74, 6) is 0.809. The van der Waals surface area contributed by atoms with Gasteiger partial charge in [0.1, 0.15) is 5.82 Å². The summed E-state index contributed by atoms with van der Waals surface area (Å²) in [7, 11) is 0. The number of H-pyrrole nitrogens is 1. The van der Waals surface area contributed by atoms with E-state index in [4.69, 9.17) is 5.73 Å². The van der Waals surface area contributed by atoms with E-state index >= 15 is 0 Å². The number of carbonyl (C=O) groups is 1. The lowest BCUT2D eigenvalue weighted by Gasteiger charge is -2.09. The van der Waals surface area contributed by atoms with Gasteiger partial charge in [-0.3, -0.25) is 4.79 Å². The van der Waals surface area contributed by atoms with Crippen LogP contribution in [0, 0.1) is 0 Å². The summed E-state index contributed by atoms with van der Waals surface area (Å²) in [4.78, 5) is 18.5. The maximum absolute atomic E-state index is 11.4. The highest BCUT2D eigenvalue weighted by molar-refractivity contribution is 5.81. The maximum atomic E-state index is 11.4. The molecule has 0 radical (unpaired) electrons. The predicted octanol–water partition coefficient (Wildman–Crippen LogP) is 0.362. The highest BCUT2D eigenvalue weighted by atomic mass is 16.2. The van der Waals surface area contributed by atoms with Gasteiger partial charge in [-0.1, -0.05) is 6.08 Å². The van der Waals surface area contributed by atoms with Crippen LogP contribution in [0.3, 0.4) is 0 Å². The largest absolute Gasteiger partial charge is 0.355 e. The molecule has 1 atom stereocenters. The van der Waals surface area contributed by atoms with Crippen LogP contribution in [-0.2, 0) is 11.2 Å². The van der Waals surface area contributed by atoms with Crippen molar-refractivity contribution < 1.29 is 4.79 Å². The molecule has 16 heavy (non-hydrogen) atoms. The molecule has 1 aromatic heterocycles. The summed E-state index contributed by atoms with van der Waals surface area (Å²) in [5, 5.41) is 2.78. The highest BCUT2D eigenvalue weighted by Gasteiger charge is 2.10. The normalized spacial score (nSPS) is 12.1. The van der Waals surface area contributed by atoms with Gasteiger partial charge in [0.05, 0.1) is 6.04 Å². The first kappa shape index (κ1) is 12.4. The number of amides is 1. The summed E-state index contributed by atoms with van der Waals surface area (Å²) in [6.45, 7) is 4.16. The molecule has 0 aliphatic carbocycles. The Hall–Kier alpha value is -1.62. The van der Waals surface area contributed by atoms with Crippen molar-refractivity contribution in [1.29, 1.82) is 0 Å². The summed E-state index contributed by atoms with van der Waals surface area (Å²) in [6.07, 6.45) is 7.32. The second kappa shape index (κ2) is 6.79. The highest BCUT2D eigenvalue weighted by Crippen LogP contribution is 1.94. The molecule has 1 unspecified atom stereocenters. The smallest absolute Gasteiger partial charge is 0.237 e. The summed E-state index contributed by atoms with van der Waals surface area (Å²) < 4.78 is 0. The van der Waals surface area contributed by atoms with Crippen LogP contribution < -0.4 is 11.1 Å². The summed E-state index contributed by atoms with van der Waals surface area (Å²) >= 11 is 0. The topological polar surface area (TPSA) is 83.8 Å². The molecular formula is C11H18N4O. The average Bonchev–Trinajstić information content (AvgIpc) is 2.77. The van der Waals surface area contributed by atoms with Gasteiger partial charge in [-0.25, -0.2) is 4.98 Å². The van der Waals surface area contributed by atoms with Crippen LogP contribution in [0.2, 0.25) is 0 Å². The standard InChI is InChI=1S/C11H18N4O/c1-2-4-9(12)11(16)15-6-3-5-10-13-7-8-14-10/h2,7-9H,1,3-6,12H2,(H,13,14)(H,15,16). The Morgan fingerprint density at radius 3 is 3.19 bits per heavy atom. The molecule has 5 nitrogen and oxygen atoms in total. The summed E-state index contributed by atoms with van der Waals surface area (Å²) in [5.41, 5.74) is 5.60. The van der Waals surface area contributed by atoms with Gasteiger partial charge in [0.2, 0.25) is 5.91 Å². The lowest BCUT2D eigenvalue weighted by Crippen LogP contribution is -2.40. The Bertz CT molecular complexity index is 321. The number of aryl methyl sites for hydroxylation is 1. The van der Waals surface area contributed by atoms with E-state index in [1.54, 1.807) is 18.5 Å². The van der Waals surface area contributed by atoms with Gasteiger partial charge >= 0.3 is 0 Å². The van der Waals surface area contributed by atoms with E-state index in [2.05, 4.69) is 21.9 Å². The van der Waals surface area contributed by atoms with Crippen molar-refractivity contribution >= 4 is 5.91 Å². The molecule has 0 saturated carbocycles. The van der Waals surface area contributed by atoms with E-state index < -0.39 is 6.04 Å². The van der Waals surface area contributed by atoms with Crippen LogP contribution in [0.15, 0.2) is 25.0 Å². The molecule has 0 spiro atoms. The number of hydrogen-bond donors (Lipinski definition) is 3. The van der Waals surface area contributed by atoms with E-state index in [9.17, 15) is 4.79 Å². The fourth-order valence-corrected chi connectivity index (χ4v) is 1.32. The van der Waals surface area contributed by atoms with Crippen molar-refractivity contribution in [3.8, 4) is 0 Å². The molecule has 0 aromatic carbocycles. The second-order valence-corrected chi connectivity index (χ2v) is 3.56. The average molecular weight is 222 g/mol. The Morgan fingerprint density at radius 1 is 1.75 bits per heavy atom. The minimum Gasteiger partial charge on any atom is -0.355 e. The Morgan fingerprint density at radius 2 is 2.56 bits per heavy atom. The zero-order valence-corrected chi connectivity index (χ0v) is 9.28. The van der Waals surface area contributed by atoms with Crippen LogP contribution in [-0.4, -0.2) is 28.5 Å². The minimum absolute atomic E-state index is 0.126. The maximum Gasteiger partial charge on any atom is 0.237 e. The van der Waals surface area contributed by atoms with Crippen LogP contribution in [0.5, 0.6) is 0 Å². The number of carbonyl (C=O) groups excluding carboxylic acids is 1. The number of nitrogens with zero attached hydrogens (tertiary/aromatic N) is 1. The zero-order chi connectivity index (χ0) is 11.8. The number of aromatic nitrogens is 2. The van der Waals surface area contributed by atoms with Crippen molar-refractivity contribution in [2.24, 2.45) is 5.73 Å². The Labute approximate surface area is 95.1 Å². The molecule has 1 rings (SSSR count). The molecule has 0 aliphatic heterocycles. The molecular weight excluding hydrogens is 204 g/mol. The van der Waals surface area contributed by atoms with Crippen molar-refractivity contribution in [1.82, 2.24) is 15.3 Å². The number of hydrogen-bond acceptors (Lipinski definition) is 3. The molecule has 88 valence electrons. The van der Waals surface area contributed by atoms with E-state index in [-0.39, 0.29) is 5.91 Å². The monoisotopic (exact) mass is 222 g/mol. The van der Waals surface area contributed by atoms with Crippen LogP contribution in [0.25, 0.3) is 0 Å². The van der Waals surface area contributed by atoms with Crippen LogP contribution in [0.1, 0.15) is 18.7 Å². The van der Waals surface area contributed by atoms with Gasteiger partial charge in [-0.05, 0) is 12.8 Å². The fraction of sp³-hybridized carbons (Fsp3) is 0.455. The van der Waals surface area contributed by atoms with Crippen molar-refractivity contribution in [3.05, 3.63) is 30.9 Å². The predicted molar refractivity (Wildman–Crippen MR) is 62.7 cm³/mol. The molecule has 1 amide bonds. The number of nitrogens with two attached hydrogens (primary N) is 1. The van der Waals surface area contributed by atoms with E-state index in [1.807, 2.05) is 0 Å². The number of imidazole rings is 1. The number of rotatable bonds is 7. The Kier molecular flexibility index (Phi) is 5.28. The SMILES string of the molecule is C=CCC(N)C(=O)NCCCc1ncc[nH]1. The third kappa shape index (κ3) is 4.27. The number of aromatic amines is 1. The van der Waals surface area contributed by atoms with Gasteiger partial charge in [0.25, 0.3) is 0 Å². The lowest BCUT2D eigenvalue weighted by atomic mass is 10.2. The van der Waals surface area contributed by atoms with Gasteiger partial charge in [0.15, 0.2) is 0 Å². The third-order valence-electron chi connectivity index (χ3n) is 2.20. The molecule has 4 N–H and O–H groups in total. The Balaban J connectivity index is 2.11. The first-order chi connectivity index (χ1) is 7.74. The number of nitrogens with one attached hydrogen (secondary N) is 2. The van der Waals surface area contributed by atoms with Crippen molar-refractivity contribution in [2.75, 3.05) is 6.54 Å². The molecule has 5 heteroatoms. The van der Waals surface area contributed by atoms with Crippen molar-refractivity contribution in [3.63, 3.8) is 0 Å². The third-order valence-corrected chi connectivity index (χ3v) is 2.20. The van der Waals surface area contributed by atoms with Gasteiger partial charge in [-0.15, -0.1) is 6.58 Å². The first-order valence-electron chi connectivity index (χ1n) is 5.36. The van der Waals surface area contributed by atoms with Gasteiger partial charge < -0.3 is 16.0 Å². The lowest BCUT2D eigenvalue weighted by molar-refractivity contribution is -0.122. The molecule has 1 heterocycles. The van der Waals surface area contributed by atoms with Gasteiger partial charge in [-0.2, -0.15) is 0 Å². The second-order valence-electron chi connectivity index (χ2n) is 3.56. The van der Waals surface area contributed by atoms with E-state index in [0.29, 0.717) is 13.0 Å². The molecule has 0 saturated heterocycles. The van der Waals surface area contributed by atoms with Crippen LogP contribution >= 0.6 is 0 Å². The molecule has 0 bridgehead atoms. The molecule has 0 aliphatic rings. The van der Waals surface area contributed by atoms with Gasteiger partial charge in [0, 0.05) is 25.4 Å². The fourth-order valence-electron chi connectivity index (χ4n) is 1.32. The molecule has 0 fully saturated rings. The first-order valence-corrected chi connectivity index (χ1v) is 5.36. The molecule has 1 aromatic rings. The summed E-state index contributed by atoms with van der Waals surface area (Å²) in [6, 6.07) is -0.485.